The lowest BCUT2D eigenvalue weighted by atomic mass is 10.0. The summed E-state index contributed by atoms with van der Waals surface area (Å²) >= 11 is 3.52. The highest BCUT2D eigenvalue weighted by atomic mass is 79.9. The molecule has 0 aromatic carbocycles. The highest BCUT2D eigenvalue weighted by molar-refractivity contribution is 9.11. The number of carbonyl (C=O) groups is 1. The fourth-order valence-corrected chi connectivity index (χ4v) is 2.55. The number of ether oxygens (including phenoxy) is 1. The first kappa shape index (κ1) is 12.7. The fourth-order valence-electron chi connectivity index (χ4n) is 2.08. The minimum absolute atomic E-state index is 0.212. The molecular formula is C13H18BrNO2. The van der Waals surface area contributed by atoms with Gasteiger partial charge in [0.05, 0.1) is 0 Å². The van der Waals surface area contributed by atoms with Gasteiger partial charge in [0.1, 0.15) is 5.60 Å². The van der Waals surface area contributed by atoms with Crippen molar-refractivity contribution in [1.82, 2.24) is 4.90 Å². The Labute approximate surface area is 111 Å². The lowest BCUT2D eigenvalue weighted by molar-refractivity contribution is 0.0299. The van der Waals surface area contributed by atoms with Crippen LogP contribution in [0, 0.1) is 0 Å². The minimum Gasteiger partial charge on any atom is -0.444 e. The molecule has 2 aliphatic rings. The first-order valence-electron chi connectivity index (χ1n) is 5.90. The quantitative estimate of drug-likeness (QED) is 0.684. The molecule has 1 aliphatic carbocycles. The Kier molecular flexibility index (Phi) is 3.34. The molecule has 1 amide bonds. The second-order valence-electron chi connectivity index (χ2n) is 5.56. The summed E-state index contributed by atoms with van der Waals surface area (Å²) in [6, 6.07) is 0. The van der Waals surface area contributed by atoms with Crippen LogP contribution < -0.4 is 0 Å². The van der Waals surface area contributed by atoms with Crippen LogP contribution >= 0.6 is 15.9 Å². The van der Waals surface area contributed by atoms with Crippen molar-refractivity contribution >= 4 is 22.0 Å². The molecule has 0 aromatic rings. The van der Waals surface area contributed by atoms with E-state index in [0.717, 1.165) is 19.4 Å². The van der Waals surface area contributed by atoms with Gasteiger partial charge in [0, 0.05) is 13.1 Å². The topological polar surface area (TPSA) is 29.5 Å². The normalized spacial score (nSPS) is 20.2. The highest BCUT2D eigenvalue weighted by Gasteiger charge is 2.29. The molecule has 1 heterocycles. The van der Waals surface area contributed by atoms with Gasteiger partial charge < -0.3 is 4.74 Å². The molecule has 0 aromatic heterocycles. The second-order valence-corrected chi connectivity index (χ2v) is 6.57. The average Bonchev–Trinajstić information content (AvgIpc) is 2.57. The van der Waals surface area contributed by atoms with Gasteiger partial charge in [-0.25, -0.2) is 4.79 Å². The lowest BCUT2D eigenvalue weighted by Crippen LogP contribution is -2.35. The molecule has 0 saturated heterocycles. The van der Waals surface area contributed by atoms with Crippen molar-refractivity contribution in [2.24, 2.45) is 0 Å². The third-order valence-corrected chi connectivity index (χ3v) is 3.47. The third kappa shape index (κ3) is 3.12. The number of hydrogen-bond donors (Lipinski definition) is 0. The zero-order valence-corrected chi connectivity index (χ0v) is 12.1. The predicted molar refractivity (Wildman–Crippen MR) is 71.1 cm³/mol. The van der Waals surface area contributed by atoms with Crippen LogP contribution in [0.4, 0.5) is 4.79 Å². The lowest BCUT2D eigenvalue weighted by Gasteiger charge is -2.24. The molecule has 0 fully saturated rings. The summed E-state index contributed by atoms with van der Waals surface area (Å²) in [6.45, 7) is 7.08. The van der Waals surface area contributed by atoms with Crippen molar-refractivity contribution < 1.29 is 9.53 Å². The van der Waals surface area contributed by atoms with Crippen LogP contribution in [0.2, 0.25) is 0 Å². The van der Waals surface area contributed by atoms with E-state index in [0.29, 0.717) is 6.54 Å². The first-order chi connectivity index (χ1) is 7.85. The number of amides is 1. The van der Waals surface area contributed by atoms with Crippen molar-refractivity contribution in [3.05, 3.63) is 21.7 Å². The Morgan fingerprint density at radius 1 is 1.35 bits per heavy atom. The molecule has 3 nitrogen and oxygen atoms in total. The van der Waals surface area contributed by atoms with Crippen LogP contribution in [0.1, 0.15) is 33.6 Å². The standard InChI is InChI=1S/C13H18BrNO2/c1-13(2,3)17-12(16)15-7-9-4-5-11(14)6-10(9)8-15/h6H,4-5,7-8H2,1-3H3. The SMILES string of the molecule is CC(C)(C)OC(=O)N1CC2=C(CCC(Br)=C2)C1. The van der Waals surface area contributed by atoms with E-state index in [1.165, 1.54) is 15.6 Å². The van der Waals surface area contributed by atoms with Gasteiger partial charge in [-0.1, -0.05) is 15.9 Å². The fraction of sp³-hybridized carbons (Fsp3) is 0.615. The summed E-state index contributed by atoms with van der Waals surface area (Å²) in [4.78, 5) is 13.7. The van der Waals surface area contributed by atoms with E-state index in [4.69, 9.17) is 4.74 Å². The van der Waals surface area contributed by atoms with Crippen molar-refractivity contribution in [2.45, 2.75) is 39.2 Å². The molecule has 2 rings (SSSR count). The van der Waals surface area contributed by atoms with E-state index in [2.05, 4.69) is 22.0 Å². The Morgan fingerprint density at radius 3 is 2.71 bits per heavy atom. The van der Waals surface area contributed by atoms with Crippen LogP contribution in [0.15, 0.2) is 21.7 Å². The summed E-state index contributed by atoms with van der Waals surface area (Å²) in [5, 5.41) is 0. The largest absolute Gasteiger partial charge is 0.444 e. The molecule has 0 saturated carbocycles. The molecular weight excluding hydrogens is 282 g/mol. The van der Waals surface area contributed by atoms with Gasteiger partial charge in [-0.15, -0.1) is 0 Å². The molecule has 0 unspecified atom stereocenters. The summed E-state index contributed by atoms with van der Waals surface area (Å²) < 4.78 is 6.61. The van der Waals surface area contributed by atoms with E-state index in [1.807, 2.05) is 20.8 Å². The summed E-state index contributed by atoms with van der Waals surface area (Å²) in [5.74, 6) is 0. The van der Waals surface area contributed by atoms with Gasteiger partial charge in [0.2, 0.25) is 0 Å². The predicted octanol–water partition coefficient (Wildman–Crippen LogP) is 3.61. The number of hydrogen-bond acceptors (Lipinski definition) is 2. The number of nitrogens with zero attached hydrogens (tertiary/aromatic N) is 1. The molecule has 0 radical (unpaired) electrons. The van der Waals surface area contributed by atoms with Crippen LogP contribution in [0.3, 0.4) is 0 Å². The second kappa shape index (κ2) is 4.48. The molecule has 94 valence electrons. The van der Waals surface area contributed by atoms with Gasteiger partial charge in [0.25, 0.3) is 0 Å². The maximum absolute atomic E-state index is 11.9. The van der Waals surface area contributed by atoms with Gasteiger partial charge in [-0.3, -0.25) is 4.90 Å². The Balaban J connectivity index is 1.99. The van der Waals surface area contributed by atoms with E-state index in [-0.39, 0.29) is 6.09 Å². The number of carbonyl (C=O) groups excluding carboxylic acids is 1. The van der Waals surface area contributed by atoms with E-state index < -0.39 is 5.60 Å². The molecule has 0 N–H and O–H groups in total. The first-order valence-corrected chi connectivity index (χ1v) is 6.69. The Bertz CT molecular complexity index is 404. The van der Waals surface area contributed by atoms with Crippen LogP contribution in [0.5, 0.6) is 0 Å². The maximum atomic E-state index is 11.9. The molecule has 0 bridgehead atoms. The van der Waals surface area contributed by atoms with Crippen molar-refractivity contribution in [2.75, 3.05) is 13.1 Å². The number of rotatable bonds is 0. The summed E-state index contributed by atoms with van der Waals surface area (Å²) in [5.41, 5.74) is 2.23. The summed E-state index contributed by atoms with van der Waals surface area (Å²) in [7, 11) is 0. The van der Waals surface area contributed by atoms with Crippen LogP contribution in [0.25, 0.3) is 0 Å². The Hall–Kier alpha value is -0.770. The number of allylic oxidation sites excluding steroid dienone is 1. The van der Waals surface area contributed by atoms with Crippen molar-refractivity contribution in [3.63, 3.8) is 0 Å². The smallest absolute Gasteiger partial charge is 0.410 e. The van der Waals surface area contributed by atoms with Gasteiger partial charge in [0.15, 0.2) is 0 Å². The monoisotopic (exact) mass is 299 g/mol. The van der Waals surface area contributed by atoms with Crippen LogP contribution in [-0.4, -0.2) is 29.7 Å². The zero-order valence-electron chi connectivity index (χ0n) is 10.5. The molecule has 1 aliphatic heterocycles. The van der Waals surface area contributed by atoms with Crippen molar-refractivity contribution in [3.8, 4) is 0 Å². The van der Waals surface area contributed by atoms with E-state index in [9.17, 15) is 4.79 Å². The third-order valence-electron chi connectivity index (χ3n) is 2.85. The zero-order chi connectivity index (χ0) is 12.6. The molecule has 4 heteroatoms. The van der Waals surface area contributed by atoms with Crippen LogP contribution in [-0.2, 0) is 4.74 Å². The number of halogens is 1. The van der Waals surface area contributed by atoms with Gasteiger partial charge in [-0.2, -0.15) is 0 Å². The van der Waals surface area contributed by atoms with Gasteiger partial charge >= 0.3 is 6.09 Å². The highest BCUT2D eigenvalue weighted by Crippen LogP contribution is 2.32. The molecule has 17 heavy (non-hydrogen) atoms. The van der Waals surface area contributed by atoms with Crippen molar-refractivity contribution in [1.29, 1.82) is 0 Å². The molecule has 0 atom stereocenters. The van der Waals surface area contributed by atoms with Gasteiger partial charge in [-0.05, 0) is 55.3 Å². The van der Waals surface area contributed by atoms with E-state index >= 15 is 0 Å². The minimum atomic E-state index is -0.420. The van der Waals surface area contributed by atoms with E-state index in [1.54, 1.807) is 4.90 Å². The molecule has 0 spiro atoms. The summed E-state index contributed by atoms with van der Waals surface area (Å²) in [6.07, 6.45) is 4.02. The Morgan fingerprint density at radius 2 is 2.06 bits per heavy atom. The maximum Gasteiger partial charge on any atom is 0.410 e. The average molecular weight is 300 g/mol.